The van der Waals surface area contributed by atoms with Crippen LogP contribution in [-0.2, 0) is 4.79 Å². The topological polar surface area (TPSA) is 61.4 Å². The SMILES string of the molecule is CN(CC(=O)NCC1CCCN1)C(=O)c1ccc(Br)s1. The molecule has 1 aromatic heterocycles. The molecule has 0 aromatic carbocycles. The van der Waals surface area contributed by atoms with Gasteiger partial charge in [-0.3, -0.25) is 9.59 Å². The van der Waals surface area contributed by atoms with Crippen LogP contribution in [0.15, 0.2) is 15.9 Å². The summed E-state index contributed by atoms with van der Waals surface area (Å²) in [6.07, 6.45) is 2.25. The lowest BCUT2D eigenvalue weighted by Crippen LogP contribution is -2.42. The zero-order chi connectivity index (χ0) is 14.5. The number of carbonyl (C=O) groups is 2. The molecule has 7 heteroatoms. The highest BCUT2D eigenvalue weighted by atomic mass is 79.9. The van der Waals surface area contributed by atoms with Crippen LogP contribution in [0.2, 0.25) is 0 Å². The molecule has 110 valence electrons. The predicted molar refractivity (Wildman–Crippen MR) is 83.0 cm³/mol. The van der Waals surface area contributed by atoms with Gasteiger partial charge in [-0.25, -0.2) is 0 Å². The van der Waals surface area contributed by atoms with Crippen molar-refractivity contribution >= 4 is 39.1 Å². The van der Waals surface area contributed by atoms with Crippen LogP contribution in [-0.4, -0.2) is 49.4 Å². The second kappa shape index (κ2) is 7.19. The molecule has 1 aromatic rings. The van der Waals surface area contributed by atoms with Crippen molar-refractivity contribution in [3.05, 3.63) is 20.8 Å². The minimum absolute atomic E-state index is 0.0844. The van der Waals surface area contributed by atoms with Crippen LogP contribution in [0.5, 0.6) is 0 Å². The predicted octanol–water partition coefficient (Wildman–Crippen LogP) is 1.45. The van der Waals surface area contributed by atoms with Gasteiger partial charge >= 0.3 is 0 Å². The lowest BCUT2D eigenvalue weighted by atomic mass is 10.2. The van der Waals surface area contributed by atoms with Crippen molar-refractivity contribution in [3.8, 4) is 0 Å². The van der Waals surface area contributed by atoms with Crippen molar-refractivity contribution in [2.45, 2.75) is 18.9 Å². The van der Waals surface area contributed by atoms with Gasteiger partial charge in [-0.1, -0.05) is 0 Å². The summed E-state index contributed by atoms with van der Waals surface area (Å²) in [6.45, 7) is 1.73. The molecule has 0 bridgehead atoms. The molecule has 1 unspecified atom stereocenters. The fraction of sp³-hybridized carbons (Fsp3) is 0.538. The molecule has 2 heterocycles. The van der Waals surface area contributed by atoms with E-state index in [2.05, 4.69) is 26.6 Å². The number of carbonyl (C=O) groups excluding carboxylic acids is 2. The quantitative estimate of drug-likeness (QED) is 0.836. The molecule has 0 aliphatic carbocycles. The Hall–Kier alpha value is -0.920. The van der Waals surface area contributed by atoms with Crippen LogP contribution >= 0.6 is 27.3 Å². The van der Waals surface area contributed by atoms with Gasteiger partial charge in [-0.05, 0) is 47.4 Å². The number of hydrogen-bond donors (Lipinski definition) is 2. The minimum atomic E-state index is -0.130. The first-order valence-electron chi connectivity index (χ1n) is 6.57. The van der Waals surface area contributed by atoms with Crippen molar-refractivity contribution in [2.24, 2.45) is 0 Å². The van der Waals surface area contributed by atoms with Crippen molar-refractivity contribution in [3.63, 3.8) is 0 Å². The van der Waals surface area contributed by atoms with Crippen LogP contribution in [0.3, 0.4) is 0 Å². The summed E-state index contributed by atoms with van der Waals surface area (Å²) < 4.78 is 0.908. The first-order valence-corrected chi connectivity index (χ1v) is 8.18. The van der Waals surface area contributed by atoms with E-state index in [9.17, 15) is 9.59 Å². The van der Waals surface area contributed by atoms with E-state index < -0.39 is 0 Å². The number of rotatable bonds is 5. The first-order chi connectivity index (χ1) is 9.56. The Labute approximate surface area is 130 Å². The van der Waals surface area contributed by atoms with Crippen LogP contribution in [0, 0.1) is 0 Å². The van der Waals surface area contributed by atoms with Gasteiger partial charge < -0.3 is 15.5 Å². The van der Waals surface area contributed by atoms with Gasteiger partial charge in [0.2, 0.25) is 5.91 Å². The van der Waals surface area contributed by atoms with E-state index in [4.69, 9.17) is 0 Å². The largest absolute Gasteiger partial charge is 0.353 e. The molecule has 0 saturated carbocycles. The van der Waals surface area contributed by atoms with Crippen molar-refractivity contribution in [1.29, 1.82) is 0 Å². The summed E-state index contributed by atoms with van der Waals surface area (Å²) in [5.41, 5.74) is 0. The monoisotopic (exact) mass is 359 g/mol. The number of amides is 2. The highest BCUT2D eigenvalue weighted by molar-refractivity contribution is 9.11. The van der Waals surface area contributed by atoms with Gasteiger partial charge in [0.05, 0.1) is 15.2 Å². The maximum absolute atomic E-state index is 12.1. The number of likely N-dealkylation sites (N-methyl/N-ethyl adjacent to an activating group) is 1. The van der Waals surface area contributed by atoms with E-state index >= 15 is 0 Å². The van der Waals surface area contributed by atoms with E-state index in [1.807, 2.05) is 6.07 Å². The number of nitrogens with zero attached hydrogens (tertiary/aromatic N) is 1. The molecule has 2 rings (SSSR count). The number of thiophene rings is 1. The standard InChI is InChI=1S/C13H18BrN3O2S/c1-17(13(19)10-4-5-11(14)20-10)8-12(18)16-7-9-3-2-6-15-9/h4-5,9,15H,2-3,6-8H2,1H3,(H,16,18). The third kappa shape index (κ3) is 4.29. The summed E-state index contributed by atoms with van der Waals surface area (Å²) in [6, 6.07) is 3.96. The van der Waals surface area contributed by atoms with Gasteiger partial charge in [0.15, 0.2) is 0 Å². The molecule has 1 aliphatic rings. The molecule has 2 amide bonds. The summed E-state index contributed by atoms with van der Waals surface area (Å²) in [7, 11) is 1.64. The summed E-state index contributed by atoms with van der Waals surface area (Å²) in [4.78, 5) is 26.0. The summed E-state index contributed by atoms with van der Waals surface area (Å²) in [5.74, 6) is -0.250. The molecule has 0 spiro atoms. The number of nitrogens with one attached hydrogen (secondary N) is 2. The second-order valence-electron chi connectivity index (χ2n) is 4.86. The van der Waals surface area contributed by atoms with E-state index in [1.165, 1.54) is 16.2 Å². The second-order valence-corrected chi connectivity index (χ2v) is 7.33. The molecule has 2 N–H and O–H groups in total. The van der Waals surface area contributed by atoms with Gasteiger partial charge in [0, 0.05) is 19.6 Å². The Morgan fingerprint density at radius 1 is 1.55 bits per heavy atom. The Bertz CT molecular complexity index is 486. The van der Waals surface area contributed by atoms with Crippen molar-refractivity contribution < 1.29 is 9.59 Å². The van der Waals surface area contributed by atoms with E-state index in [1.54, 1.807) is 13.1 Å². The van der Waals surface area contributed by atoms with E-state index in [0.717, 1.165) is 23.2 Å². The smallest absolute Gasteiger partial charge is 0.264 e. The maximum Gasteiger partial charge on any atom is 0.264 e. The fourth-order valence-corrected chi connectivity index (χ4v) is 3.51. The van der Waals surface area contributed by atoms with Crippen LogP contribution < -0.4 is 10.6 Å². The highest BCUT2D eigenvalue weighted by Gasteiger charge is 2.18. The van der Waals surface area contributed by atoms with E-state index in [-0.39, 0.29) is 18.4 Å². The van der Waals surface area contributed by atoms with Crippen molar-refractivity contribution in [1.82, 2.24) is 15.5 Å². The Morgan fingerprint density at radius 2 is 2.35 bits per heavy atom. The van der Waals surface area contributed by atoms with Crippen LogP contribution in [0.1, 0.15) is 22.5 Å². The molecule has 1 aliphatic heterocycles. The van der Waals surface area contributed by atoms with Crippen molar-refractivity contribution in [2.75, 3.05) is 26.7 Å². The van der Waals surface area contributed by atoms with Gasteiger partial charge in [0.25, 0.3) is 5.91 Å². The van der Waals surface area contributed by atoms with Gasteiger partial charge in [-0.2, -0.15) is 0 Å². The Balaban J connectivity index is 1.76. The third-order valence-electron chi connectivity index (χ3n) is 3.22. The van der Waals surface area contributed by atoms with E-state index in [0.29, 0.717) is 17.5 Å². The Morgan fingerprint density at radius 3 is 2.95 bits per heavy atom. The molecule has 20 heavy (non-hydrogen) atoms. The molecule has 1 saturated heterocycles. The fourth-order valence-electron chi connectivity index (χ4n) is 2.13. The number of hydrogen-bond acceptors (Lipinski definition) is 4. The number of halogens is 1. The van der Waals surface area contributed by atoms with Crippen LogP contribution in [0.4, 0.5) is 0 Å². The maximum atomic E-state index is 12.1. The Kier molecular flexibility index (Phi) is 5.56. The highest BCUT2D eigenvalue weighted by Crippen LogP contribution is 2.22. The first kappa shape index (κ1) is 15.5. The third-order valence-corrected chi connectivity index (χ3v) is 4.83. The average Bonchev–Trinajstić information content (AvgIpc) is 3.06. The normalized spacial score (nSPS) is 18.0. The van der Waals surface area contributed by atoms with Gasteiger partial charge in [0.1, 0.15) is 0 Å². The summed E-state index contributed by atoms with van der Waals surface area (Å²) >= 11 is 4.69. The van der Waals surface area contributed by atoms with Crippen LogP contribution in [0.25, 0.3) is 0 Å². The molecule has 1 atom stereocenters. The molecule has 5 nitrogen and oxygen atoms in total. The minimum Gasteiger partial charge on any atom is -0.353 e. The lowest BCUT2D eigenvalue weighted by molar-refractivity contribution is -0.121. The lowest BCUT2D eigenvalue weighted by Gasteiger charge is -2.17. The average molecular weight is 360 g/mol. The molecule has 0 radical (unpaired) electrons. The van der Waals surface area contributed by atoms with Gasteiger partial charge in [-0.15, -0.1) is 11.3 Å². The zero-order valence-electron chi connectivity index (χ0n) is 11.3. The zero-order valence-corrected chi connectivity index (χ0v) is 13.7. The molecular formula is C13H18BrN3O2S. The summed E-state index contributed by atoms with van der Waals surface area (Å²) in [5, 5.41) is 6.18. The molecular weight excluding hydrogens is 342 g/mol. The molecule has 1 fully saturated rings.